The van der Waals surface area contributed by atoms with E-state index in [4.69, 9.17) is 0 Å². The van der Waals surface area contributed by atoms with E-state index in [0.717, 1.165) is 0 Å². The summed E-state index contributed by atoms with van der Waals surface area (Å²) in [6.07, 6.45) is 0. The molecule has 0 aliphatic carbocycles. The van der Waals surface area contributed by atoms with Crippen LogP contribution in [0.5, 0.6) is 0 Å². The van der Waals surface area contributed by atoms with Gasteiger partial charge in [-0.15, -0.1) is 5.10 Å². The van der Waals surface area contributed by atoms with Crippen LogP contribution in [-0.4, -0.2) is 9.78 Å². The summed E-state index contributed by atoms with van der Waals surface area (Å²) in [4.78, 5) is 0. The first-order chi connectivity index (χ1) is 5.34. The molecule has 0 bridgehead atoms. The average molecular weight is 174 g/mol. The Morgan fingerprint density at radius 1 is 1.25 bits per heavy atom. The molecule has 0 amide bonds. The lowest BCUT2D eigenvalue weighted by Crippen LogP contribution is -2.24. The predicted molar refractivity (Wildman–Crippen MR) is 41.9 cm³/mol. The molecule has 0 N–H and O–H groups in total. The lowest BCUT2D eigenvalue weighted by Gasteiger charge is -2.20. The van der Waals surface area contributed by atoms with Gasteiger partial charge in [-0.05, 0) is 27.7 Å². The molecule has 1 aromatic rings. The van der Waals surface area contributed by atoms with Gasteiger partial charge in [0.2, 0.25) is 0 Å². The topological polar surface area (TPSA) is 17.8 Å². The molecule has 0 saturated carbocycles. The van der Waals surface area contributed by atoms with Crippen molar-refractivity contribution in [1.29, 1.82) is 0 Å². The van der Waals surface area contributed by atoms with Gasteiger partial charge in [-0.3, -0.25) is 4.68 Å². The molecule has 2 nitrogen and oxygen atoms in total. The number of nitrogens with zero attached hydrogens (tertiary/aromatic N) is 2. The summed E-state index contributed by atoms with van der Waals surface area (Å²) in [6, 6.07) is 0. The Hall–Kier alpha value is -0.930. The Morgan fingerprint density at radius 3 is 1.92 bits per heavy atom. The van der Waals surface area contributed by atoms with Crippen molar-refractivity contribution in [3.63, 3.8) is 0 Å². The van der Waals surface area contributed by atoms with Gasteiger partial charge in [0.15, 0.2) is 5.82 Å². The van der Waals surface area contributed by atoms with E-state index in [1.807, 2.05) is 20.8 Å². The summed E-state index contributed by atoms with van der Waals surface area (Å²) in [5.74, 6) is -1.88. The average Bonchev–Trinajstić information content (AvgIpc) is 2.15. The fourth-order valence-electron chi connectivity index (χ4n) is 1.10. The van der Waals surface area contributed by atoms with Gasteiger partial charge in [-0.2, -0.15) is 8.78 Å². The van der Waals surface area contributed by atoms with Crippen molar-refractivity contribution in [2.45, 2.75) is 33.2 Å². The van der Waals surface area contributed by atoms with Crippen molar-refractivity contribution < 1.29 is 8.78 Å². The maximum Gasteiger partial charge on any atom is 0.268 e. The van der Waals surface area contributed by atoms with Crippen LogP contribution in [0, 0.1) is 18.7 Å². The van der Waals surface area contributed by atoms with Crippen molar-refractivity contribution in [2.24, 2.45) is 0 Å². The molecular formula is C8H12F2N2. The van der Waals surface area contributed by atoms with Crippen molar-refractivity contribution in [3.05, 3.63) is 17.5 Å². The van der Waals surface area contributed by atoms with Gasteiger partial charge in [0.05, 0.1) is 11.2 Å². The minimum absolute atomic E-state index is 0.236. The van der Waals surface area contributed by atoms with E-state index in [9.17, 15) is 8.78 Å². The highest BCUT2D eigenvalue weighted by molar-refractivity contribution is 5.05. The minimum Gasteiger partial charge on any atom is -0.259 e. The van der Waals surface area contributed by atoms with Gasteiger partial charge in [-0.25, -0.2) is 0 Å². The van der Waals surface area contributed by atoms with Crippen LogP contribution in [-0.2, 0) is 5.54 Å². The lowest BCUT2D eigenvalue weighted by atomic mass is 10.1. The maximum absolute atomic E-state index is 12.8. The molecule has 0 radical (unpaired) electrons. The maximum atomic E-state index is 12.8. The van der Waals surface area contributed by atoms with Gasteiger partial charge in [-0.1, -0.05) is 0 Å². The van der Waals surface area contributed by atoms with Gasteiger partial charge < -0.3 is 0 Å². The Morgan fingerprint density at radius 2 is 1.75 bits per heavy atom. The highest BCUT2D eigenvalue weighted by atomic mass is 19.2. The third-order valence-electron chi connectivity index (χ3n) is 1.64. The van der Waals surface area contributed by atoms with E-state index >= 15 is 0 Å². The van der Waals surface area contributed by atoms with E-state index in [0.29, 0.717) is 0 Å². The number of halogens is 2. The molecule has 0 atom stereocenters. The molecule has 0 aliphatic heterocycles. The highest BCUT2D eigenvalue weighted by Crippen LogP contribution is 2.19. The molecule has 12 heavy (non-hydrogen) atoms. The Labute approximate surface area is 70.2 Å². The van der Waals surface area contributed by atoms with Gasteiger partial charge in [0, 0.05) is 0 Å². The van der Waals surface area contributed by atoms with Crippen LogP contribution >= 0.6 is 0 Å². The number of hydrogen-bond acceptors (Lipinski definition) is 1. The van der Waals surface area contributed by atoms with Crippen molar-refractivity contribution in [2.75, 3.05) is 0 Å². The van der Waals surface area contributed by atoms with E-state index in [2.05, 4.69) is 5.10 Å². The highest BCUT2D eigenvalue weighted by Gasteiger charge is 2.22. The number of hydrogen-bond donors (Lipinski definition) is 0. The van der Waals surface area contributed by atoms with Crippen molar-refractivity contribution >= 4 is 0 Å². The standard InChI is InChI=1S/C8H12F2N2/c1-5-6(9)7(10)11-12(5)8(2,3)4/h1-4H3. The zero-order valence-electron chi connectivity index (χ0n) is 7.65. The predicted octanol–water partition coefficient (Wildman–Crippen LogP) is 2.22. The van der Waals surface area contributed by atoms with E-state index in [-0.39, 0.29) is 11.2 Å². The van der Waals surface area contributed by atoms with Gasteiger partial charge in [0.25, 0.3) is 5.95 Å². The summed E-state index contributed by atoms with van der Waals surface area (Å²) in [6.45, 7) is 7.03. The minimum atomic E-state index is -1.03. The molecule has 0 saturated heterocycles. The molecule has 1 heterocycles. The van der Waals surface area contributed by atoms with E-state index in [1.54, 1.807) is 0 Å². The normalized spacial score (nSPS) is 12.2. The first-order valence-electron chi connectivity index (χ1n) is 3.75. The SMILES string of the molecule is Cc1c(F)c(F)nn1C(C)(C)C. The first-order valence-corrected chi connectivity index (χ1v) is 3.75. The summed E-state index contributed by atoms with van der Waals surface area (Å²) in [5.41, 5.74) is -0.144. The quantitative estimate of drug-likeness (QED) is 0.589. The third kappa shape index (κ3) is 1.33. The van der Waals surface area contributed by atoms with Crippen LogP contribution in [0.3, 0.4) is 0 Å². The van der Waals surface area contributed by atoms with E-state index in [1.165, 1.54) is 11.6 Å². The van der Waals surface area contributed by atoms with E-state index < -0.39 is 11.8 Å². The van der Waals surface area contributed by atoms with Gasteiger partial charge >= 0.3 is 0 Å². The molecule has 0 aliphatic rings. The van der Waals surface area contributed by atoms with Crippen molar-refractivity contribution in [3.8, 4) is 0 Å². The zero-order chi connectivity index (χ0) is 9.52. The Bertz CT molecular complexity index is 297. The third-order valence-corrected chi connectivity index (χ3v) is 1.64. The molecule has 0 spiro atoms. The smallest absolute Gasteiger partial charge is 0.259 e. The Kier molecular flexibility index (Phi) is 1.94. The summed E-state index contributed by atoms with van der Waals surface area (Å²) < 4.78 is 26.8. The summed E-state index contributed by atoms with van der Waals surface area (Å²) in [7, 11) is 0. The Balaban J connectivity index is 3.28. The monoisotopic (exact) mass is 174 g/mol. The molecular weight excluding hydrogens is 162 g/mol. The van der Waals surface area contributed by atoms with Crippen LogP contribution in [0.15, 0.2) is 0 Å². The number of rotatable bonds is 0. The summed E-state index contributed by atoms with van der Waals surface area (Å²) >= 11 is 0. The van der Waals surface area contributed by atoms with Crippen LogP contribution in [0.25, 0.3) is 0 Å². The molecule has 4 heteroatoms. The van der Waals surface area contributed by atoms with Crippen LogP contribution in [0.4, 0.5) is 8.78 Å². The summed E-state index contributed by atoms with van der Waals surface area (Å²) in [5, 5.41) is 3.46. The largest absolute Gasteiger partial charge is 0.268 e. The molecule has 68 valence electrons. The molecule has 0 fully saturated rings. The number of aromatic nitrogens is 2. The molecule has 0 unspecified atom stereocenters. The van der Waals surface area contributed by atoms with Crippen molar-refractivity contribution in [1.82, 2.24) is 9.78 Å². The van der Waals surface area contributed by atoms with Crippen LogP contribution in [0.2, 0.25) is 0 Å². The zero-order valence-corrected chi connectivity index (χ0v) is 7.65. The molecule has 1 rings (SSSR count). The molecule has 1 aromatic heterocycles. The molecule has 0 aromatic carbocycles. The second-order valence-corrected chi connectivity index (χ2v) is 3.77. The van der Waals surface area contributed by atoms with Crippen LogP contribution < -0.4 is 0 Å². The lowest BCUT2D eigenvalue weighted by molar-refractivity contribution is 0.335. The fourth-order valence-corrected chi connectivity index (χ4v) is 1.10. The second kappa shape index (κ2) is 2.54. The first kappa shape index (κ1) is 9.16. The fraction of sp³-hybridized carbons (Fsp3) is 0.625. The van der Waals surface area contributed by atoms with Gasteiger partial charge in [0.1, 0.15) is 0 Å². The second-order valence-electron chi connectivity index (χ2n) is 3.77. The van der Waals surface area contributed by atoms with Crippen LogP contribution in [0.1, 0.15) is 26.5 Å².